The van der Waals surface area contributed by atoms with E-state index in [9.17, 15) is 0 Å². The Hall–Kier alpha value is -1.54. The summed E-state index contributed by atoms with van der Waals surface area (Å²) < 4.78 is 16.4. The molecule has 1 aromatic rings. The second-order valence-corrected chi connectivity index (χ2v) is 4.73. The van der Waals surface area contributed by atoms with Crippen molar-refractivity contribution in [1.82, 2.24) is 0 Å². The lowest BCUT2D eigenvalue weighted by Gasteiger charge is -2.12. The first-order valence-electron chi connectivity index (χ1n) is 6.75. The molecule has 1 aromatic carbocycles. The highest BCUT2D eigenvalue weighted by atomic mass is 16.5. The van der Waals surface area contributed by atoms with E-state index in [1.54, 1.807) is 7.11 Å². The quantitative estimate of drug-likeness (QED) is 0.830. The minimum absolute atomic E-state index is 0.139. The number of benzene rings is 1. The highest BCUT2D eigenvalue weighted by Gasteiger charge is 2.15. The van der Waals surface area contributed by atoms with Crippen LogP contribution in [-0.2, 0) is 16.1 Å². The van der Waals surface area contributed by atoms with E-state index < -0.39 is 0 Å². The van der Waals surface area contributed by atoms with Gasteiger partial charge in [-0.2, -0.15) is 0 Å². The summed E-state index contributed by atoms with van der Waals surface area (Å²) in [4.78, 5) is 0. The highest BCUT2D eigenvalue weighted by Crippen LogP contribution is 2.21. The molecule has 1 N–H and O–H groups in total. The lowest BCUT2D eigenvalue weighted by Crippen LogP contribution is -2.09. The van der Waals surface area contributed by atoms with Gasteiger partial charge in [-0.05, 0) is 24.6 Å². The third kappa shape index (κ3) is 4.24. The van der Waals surface area contributed by atoms with Crippen LogP contribution in [0.4, 0.5) is 0 Å². The fourth-order valence-corrected chi connectivity index (χ4v) is 2.16. The molecule has 1 aliphatic rings. The third-order valence-electron chi connectivity index (χ3n) is 3.23. The number of rotatable bonds is 5. The maximum atomic E-state index is 8.73. The second kappa shape index (κ2) is 7.91. The van der Waals surface area contributed by atoms with Crippen LogP contribution in [0.1, 0.15) is 17.5 Å². The highest BCUT2D eigenvalue weighted by molar-refractivity contribution is 5.44. The summed E-state index contributed by atoms with van der Waals surface area (Å²) in [6.07, 6.45) is 1.07. The fraction of sp³-hybridized carbons (Fsp3) is 0.500. The molecule has 4 nitrogen and oxygen atoms in total. The van der Waals surface area contributed by atoms with Gasteiger partial charge in [-0.15, -0.1) is 0 Å². The van der Waals surface area contributed by atoms with Gasteiger partial charge in [0.25, 0.3) is 0 Å². The van der Waals surface area contributed by atoms with Crippen molar-refractivity contribution in [3.8, 4) is 17.6 Å². The molecule has 1 fully saturated rings. The van der Waals surface area contributed by atoms with E-state index in [0.29, 0.717) is 19.1 Å². The normalized spacial score (nSPS) is 17.6. The van der Waals surface area contributed by atoms with Crippen LogP contribution < -0.4 is 4.74 Å². The third-order valence-corrected chi connectivity index (χ3v) is 3.23. The second-order valence-electron chi connectivity index (χ2n) is 4.73. The molecular formula is C16H20O4. The summed E-state index contributed by atoms with van der Waals surface area (Å²) >= 11 is 0. The molecule has 0 amide bonds. The first kappa shape index (κ1) is 14.9. The van der Waals surface area contributed by atoms with Crippen molar-refractivity contribution < 1.29 is 19.3 Å². The molecule has 0 aromatic heterocycles. The predicted molar refractivity (Wildman–Crippen MR) is 75.5 cm³/mol. The van der Waals surface area contributed by atoms with E-state index in [4.69, 9.17) is 19.3 Å². The number of hydrogen-bond acceptors (Lipinski definition) is 4. The van der Waals surface area contributed by atoms with Gasteiger partial charge in [0.05, 0.1) is 26.9 Å². The molecule has 1 atom stereocenters. The zero-order valence-electron chi connectivity index (χ0n) is 11.7. The zero-order chi connectivity index (χ0) is 14.2. The molecule has 2 rings (SSSR count). The van der Waals surface area contributed by atoms with Crippen molar-refractivity contribution >= 4 is 0 Å². The Kier molecular flexibility index (Phi) is 5.87. The molecule has 1 aliphatic heterocycles. The molecule has 20 heavy (non-hydrogen) atoms. The largest absolute Gasteiger partial charge is 0.496 e. The topological polar surface area (TPSA) is 47.9 Å². The summed E-state index contributed by atoms with van der Waals surface area (Å²) in [5, 5.41) is 8.73. The Bertz CT molecular complexity index is 481. The Morgan fingerprint density at radius 1 is 1.45 bits per heavy atom. The molecule has 0 spiro atoms. The van der Waals surface area contributed by atoms with Crippen molar-refractivity contribution in [3.05, 3.63) is 29.3 Å². The van der Waals surface area contributed by atoms with Gasteiger partial charge in [-0.3, -0.25) is 0 Å². The van der Waals surface area contributed by atoms with Crippen LogP contribution in [0.3, 0.4) is 0 Å². The lowest BCUT2D eigenvalue weighted by atomic mass is 10.1. The van der Waals surface area contributed by atoms with Gasteiger partial charge in [0.15, 0.2) is 0 Å². The number of ether oxygens (including phenoxy) is 3. The van der Waals surface area contributed by atoms with Crippen LogP contribution in [0.15, 0.2) is 18.2 Å². The molecular weight excluding hydrogens is 256 g/mol. The van der Waals surface area contributed by atoms with Gasteiger partial charge in [0, 0.05) is 23.7 Å². The summed E-state index contributed by atoms with van der Waals surface area (Å²) in [5.74, 6) is 6.82. The van der Waals surface area contributed by atoms with Gasteiger partial charge >= 0.3 is 0 Å². The van der Waals surface area contributed by atoms with Crippen molar-refractivity contribution in [2.45, 2.75) is 13.0 Å². The monoisotopic (exact) mass is 276 g/mol. The average molecular weight is 276 g/mol. The van der Waals surface area contributed by atoms with E-state index in [-0.39, 0.29) is 6.61 Å². The van der Waals surface area contributed by atoms with E-state index in [1.807, 2.05) is 18.2 Å². The number of methoxy groups -OCH3 is 1. The van der Waals surface area contributed by atoms with Gasteiger partial charge < -0.3 is 19.3 Å². The predicted octanol–water partition coefficient (Wildman–Crippen LogP) is 1.59. The van der Waals surface area contributed by atoms with Gasteiger partial charge in [0.1, 0.15) is 12.4 Å². The first-order valence-corrected chi connectivity index (χ1v) is 6.75. The van der Waals surface area contributed by atoms with Crippen molar-refractivity contribution in [2.75, 3.05) is 33.5 Å². The van der Waals surface area contributed by atoms with Crippen LogP contribution in [0.5, 0.6) is 5.75 Å². The molecule has 1 saturated heterocycles. The van der Waals surface area contributed by atoms with E-state index in [1.165, 1.54) is 0 Å². The summed E-state index contributed by atoms with van der Waals surface area (Å²) in [7, 11) is 1.64. The van der Waals surface area contributed by atoms with Gasteiger partial charge in [-0.25, -0.2) is 0 Å². The van der Waals surface area contributed by atoms with Crippen LogP contribution in [0.2, 0.25) is 0 Å². The van der Waals surface area contributed by atoms with Crippen molar-refractivity contribution in [1.29, 1.82) is 0 Å². The smallest absolute Gasteiger partial charge is 0.124 e. The van der Waals surface area contributed by atoms with Crippen LogP contribution in [-0.4, -0.2) is 38.6 Å². The van der Waals surface area contributed by atoms with Gasteiger partial charge in [-0.1, -0.05) is 11.8 Å². The fourth-order valence-electron chi connectivity index (χ4n) is 2.16. The minimum atomic E-state index is -0.139. The summed E-state index contributed by atoms with van der Waals surface area (Å²) in [6, 6.07) is 5.68. The zero-order valence-corrected chi connectivity index (χ0v) is 11.7. The Labute approximate surface area is 119 Å². The Morgan fingerprint density at radius 3 is 3.05 bits per heavy atom. The number of aliphatic hydroxyl groups is 1. The molecule has 108 valence electrons. The Morgan fingerprint density at radius 2 is 2.35 bits per heavy atom. The lowest BCUT2D eigenvalue weighted by molar-refractivity contribution is 0.0780. The molecule has 0 bridgehead atoms. The van der Waals surface area contributed by atoms with Crippen LogP contribution >= 0.6 is 0 Å². The van der Waals surface area contributed by atoms with Gasteiger partial charge in [0.2, 0.25) is 0 Å². The standard InChI is InChI=1S/C16H20O4/c1-18-16-5-4-13(3-2-7-17)9-15(16)12-20-11-14-6-8-19-10-14/h4-5,9,14,17H,6-8,10-12H2,1H3. The molecule has 1 heterocycles. The summed E-state index contributed by atoms with van der Waals surface area (Å²) in [6.45, 7) is 2.69. The summed E-state index contributed by atoms with van der Waals surface area (Å²) in [5.41, 5.74) is 1.82. The van der Waals surface area contributed by atoms with E-state index in [2.05, 4.69) is 11.8 Å². The van der Waals surface area contributed by atoms with Crippen LogP contribution in [0.25, 0.3) is 0 Å². The maximum Gasteiger partial charge on any atom is 0.124 e. The van der Waals surface area contributed by atoms with E-state index in [0.717, 1.165) is 36.5 Å². The number of hydrogen-bond donors (Lipinski definition) is 1. The molecule has 0 aliphatic carbocycles. The molecule has 0 saturated carbocycles. The first-order chi connectivity index (χ1) is 9.83. The minimum Gasteiger partial charge on any atom is -0.496 e. The number of aliphatic hydroxyl groups excluding tert-OH is 1. The SMILES string of the molecule is COc1ccc(C#CCO)cc1COCC1CCOC1. The van der Waals surface area contributed by atoms with Crippen molar-refractivity contribution in [2.24, 2.45) is 5.92 Å². The van der Waals surface area contributed by atoms with Crippen LogP contribution in [0, 0.1) is 17.8 Å². The maximum absolute atomic E-state index is 8.73. The average Bonchev–Trinajstić information content (AvgIpc) is 2.98. The molecule has 4 heteroatoms. The van der Waals surface area contributed by atoms with E-state index >= 15 is 0 Å². The molecule has 0 radical (unpaired) electrons. The van der Waals surface area contributed by atoms with Crippen molar-refractivity contribution in [3.63, 3.8) is 0 Å². The molecule has 1 unspecified atom stereocenters. The Balaban J connectivity index is 1.96.